The summed E-state index contributed by atoms with van der Waals surface area (Å²) in [4.78, 5) is 11.3. The number of nitrogens with one attached hydrogen (secondary N) is 1. The van der Waals surface area contributed by atoms with E-state index < -0.39 is 0 Å². The van der Waals surface area contributed by atoms with Gasteiger partial charge in [-0.05, 0) is 25.8 Å². The van der Waals surface area contributed by atoms with Crippen LogP contribution in [0.25, 0.3) is 0 Å². The normalized spacial score (nSPS) is 14.6. The van der Waals surface area contributed by atoms with Crippen LogP contribution in [0, 0.1) is 0 Å². The zero-order valence-corrected chi connectivity index (χ0v) is 11.9. The van der Waals surface area contributed by atoms with Crippen molar-refractivity contribution in [2.45, 2.75) is 38.8 Å². The summed E-state index contributed by atoms with van der Waals surface area (Å²) in [5.41, 5.74) is 1.000. The Bertz CT molecular complexity index is 364. The van der Waals surface area contributed by atoms with Crippen molar-refractivity contribution in [3.8, 4) is 0 Å². The fourth-order valence-electron chi connectivity index (χ4n) is 2.04. The van der Waals surface area contributed by atoms with Crippen LogP contribution in [-0.2, 0) is 11.3 Å². The van der Waals surface area contributed by atoms with E-state index in [1.165, 1.54) is 12.8 Å². The Morgan fingerprint density at radius 2 is 2.21 bits per heavy atom. The molecule has 0 bridgehead atoms. The van der Waals surface area contributed by atoms with Gasteiger partial charge in [-0.15, -0.1) is 0 Å². The summed E-state index contributed by atoms with van der Waals surface area (Å²) in [7, 11) is 1.74. The van der Waals surface area contributed by atoms with E-state index in [-0.39, 0.29) is 0 Å². The van der Waals surface area contributed by atoms with Gasteiger partial charge < -0.3 is 15.0 Å². The highest BCUT2D eigenvalue weighted by Gasteiger charge is 2.29. The summed E-state index contributed by atoms with van der Waals surface area (Å²) in [5, 5.41) is 3.33. The molecule has 0 amide bonds. The van der Waals surface area contributed by atoms with Gasteiger partial charge in [0.1, 0.15) is 5.82 Å². The molecule has 2 rings (SSSR count). The predicted molar refractivity (Wildman–Crippen MR) is 76.3 cm³/mol. The van der Waals surface area contributed by atoms with Gasteiger partial charge in [-0.1, -0.05) is 6.92 Å². The maximum absolute atomic E-state index is 5.16. The van der Waals surface area contributed by atoms with Crippen molar-refractivity contribution in [2.75, 3.05) is 31.7 Å². The van der Waals surface area contributed by atoms with Crippen molar-refractivity contribution in [3.05, 3.63) is 18.1 Å². The minimum absolute atomic E-state index is 0.633. The average Bonchev–Trinajstić information content (AvgIpc) is 3.26. The van der Waals surface area contributed by atoms with Gasteiger partial charge in [0.15, 0.2) is 0 Å². The number of hydrogen-bond acceptors (Lipinski definition) is 5. The molecule has 0 atom stereocenters. The Morgan fingerprint density at radius 3 is 2.79 bits per heavy atom. The molecule has 1 N–H and O–H groups in total. The number of rotatable bonds is 9. The smallest absolute Gasteiger partial charge is 0.147 e. The van der Waals surface area contributed by atoms with E-state index in [9.17, 15) is 0 Å². The van der Waals surface area contributed by atoms with Crippen LogP contribution in [0.1, 0.15) is 31.9 Å². The third-order valence-corrected chi connectivity index (χ3v) is 3.24. The first-order valence-electron chi connectivity index (χ1n) is 7.12. The highest BCUT2D eigenvalue weighted by atomic mass is 16.5. The molecule has 1 fully saturated rings. The van der Waals surface area contributed by atoms with Crippen LogP contribution in [0.4, 0.5) is 5.82 Å². The third kappa shape index (κ3) is 4.44. The second-order valence-electron chi connectivity index (χ2n) is 4.96. The maximum atomic E-state index is 5.16. The number of nitrogens with zero attached hydrogens (tertiary/aromatic N) is 3. The van der Waals surface area contributed by atoms with Gasteiger partial charge >= 0.3 is 0 Å². The number of aromatic nitrogens is 2. The van der Waals surface area contributed by atoms with E-state index in [0.717, 1.165) is 44.2 Å². The minimum atomic E-state index is 0.633. The van der Waals surface area contributed by atoms with E-state index in [4.69, 9.17) is 4.74 Å². The van der Waals surface area contributed by atoms with E-state index in [0.29, 0.717) is 6.04 Å². The second kappa shape index (κ2) is 7.40. The molecule has 0 spiro atoms. The fraction of sp³-hybridized carbons (Fsp3) is 0.714. The van der Waals surface area contributed by atoms with Gasteiger partial charge in [0.2, 0.25) is 0 Å². The lowest BCUT2D eigenvalue weighted by atomic mass is 10.4. The summed E-state index contributed by atoms with van der Waals surface area (Å²) >= 11 is 0. The molecule has 106 valence electrons. The van der Waals surface area contributed by atoms with Crippen LogP contribution in [0.15, 0.2) is 12.4 Å². The van der Waals surface area contributed by atoms with Gasteiger partial charge in [0.25, 0.3) is 0 Å². The maximum Gasteiger partial charge on any atom is 0.147 e. The second-order valence-corrected chi connectivity index (χ2v) is 4.96. The monoisotopic (exact) mass is 264 g/mol. The van der Waals surface area contributed by atoms with Crippen molar-refractivity contribution >= 4 is 5.82 Å². The highest BCUT2D eigenvalue weighted by Crippen LogP contribution is 2.29. The minimum Gasteiger partial charge on any atom is -0.383 e. The number of hydrogen-bond donors (Lipinski definition) is 1. The molecular weight excluding hydrogens is 240 g/mol. The quantitative estimate of drug-likeness (QED) is 0.686. The van der Waals surface area contributed by atoms with Gasteiger partial charge in [0.05, 0.1) is 24.7 Å². The fourth-order valence-corrected chi connectivity index (χ4v) is 2.04. The first-order chi connectivity index (χ1) is 9.35. The number of methoxy groups -OCH3 is 1. The summed E-state index contributed by atoms with van der Waals surface area (Å²) in [6.07, 6.45) is 7.41. The largest absolute Gasteiger partial charge is 0.383 e. The summed E-state index contributed by atoms with van der Waals surface area (Å²) in [6, 6.07) is 0.633. The molecule has 1 aliphatic rings. The van der Waals surface area contributed by atoms with Crippen LogP contribution in [0.5, 0.6) is 0 Å². The zero-order valence-electron chi connectivity index (χ0n) is 11.9. The van der Waals surface area contributed by atoms with Crippen molar-refractivity contribution in [1.82, 2.24) is 15.3 Å². The third-order valence-electron chi connectivity index (χ3n) is 3.24. The van der Waals surface area contributed by atoms with Gasteiger partial charge in [-0.3, -0.25) is 4.98 Å². The SMILES string of the molecule is CCCNCc1cnc(N(CCOC)C2CC2)cn1. The van der Waals surface area contributed by atoms with E-state index >= 15 is 0 Å². The molecule has 5 nitrogen and oxygen atoms in total. The molecule has 1 aliphatic carbocycles. The Hall–Kier alpha value is -1.20. The Labute approximate surface area is 115 Å². The van der Waals surface area contributed by atoms with E-state index in [1.54, 1.807) is 7.11 Å². The van der Waals surface area contributed by atoms with Crippen LogP contribution in [-0.4, -0.2) is 42.8 Å². The molecule has 0 unspecified atom stereocenters. The first-order valence-corrected chi connectivity index (χ1v) is 7.12. The molecule has 0 radical (unpaired) electrons. The number of ether oxygens (including phenoxy) is 1. The number of anilines is 1. The molecule has 1 saturated carbocycles. The lowest BCUT2D eigenvalue weighted by molar-refractivity contribution is 0.204. The lowest BCUT2D eigenvalue weighted by Gasteiger charge is -2.22. The van der Waals surface area contributed by atoms with E-state index in [1.807, 2.05) is 12.4 Å². The summed E-state index contributed by atoms with van der Waals surface area (Å²) < 4.78 is 5.16. The van der Waals surface area contributed by atoms with Gasteiger partial charge in [-0.25, -0.2) is 4.98 Å². The van der Waals surface area contributed by atoms with Crippen LogP contribution >= 0.6 is 0 Å². The van der Waals surface area contributed by atoms with Crippen molar-refractivity contribution < 1.29 is 4.74 Å². The standard InChI is InChI=1S/C14H24N4O/c1-3-6-15-9-12-10-17-14(11-16-12)18(7-8-19-2)13-4-5-13/h10-11,13,15H,3-9H2,1-2H3. The topological polar surface area (TPSA) is 50.3 Å². The predicted octanol–water partition coefficient (Wildman–Crippen LogP) is 1.59. The molecule has 0 aliphatic heterocycles. The van der Waals surface area contributed by atoms with E-state index in [2.05, 4.69) is 27.1 Å². The summed E-state index contributed by atoms with van der Waals surface area (Å²) in [5.74, 6) is 0.971. The molecule has 1 aromatic rings. The average molecular weight is 264 g/mol. The van der Waals surface area contributed by atoms with Gasteiger partial charge in [-0.2, -0.15) is 0 Å². The first kappa shape index (κ1) is 14.2. The lowest BCUT2D eigenvalue weighted by Crippen LogP contribution is -2.30. The van der Waals surface area contributed by atoms with Crippen LogP contribution in [0.2, 0.25) is 0 Å². The Kier molecular flexibility index (Phi) is 5.54. The molecular formula is C14H24N4O. The summed E-state index contributed by atoms with van der Waals surface area (Å²) in [6.45, 7) is 5.60. The molecule has 5 heteroatoms. The molecule has 1 heterocycles. The van der Waals surface area contributed by atoms with Crippen molar-refractivity contribution in [2.24, 2.45) is 0 Å². The van der Waals surface area contributed by atoms with Crippen LogP contribution < -0.4 is 10.2 Å². The molecule has 0 saturated heterocycles. The van der Waals surface area contributed by atoms with Crippen molar-refractivity contribution in [3.63, 3.8) is 0 Å². The van der Waals surface area contributed by atoms with Crippen LogP contribution in [0.3, 0.4) is 0 Å². The molecule has 0 aromatic carbocycles. The van der Waals surface area contributed by atoms with Gasteiger partial charge in [0, 0.05) is 26.2 Å². The molecule has 19 heavy (non-hydrogen) atoms. The van der Waals surface area contributed by atoms with Crippen molar-refractivity contribution in [1.29, 1.82) is 0 Å². The Morgan fingerprint density at radius 1 is 1.37 bits per heavy atom. The zero-order chi connectivity index (χ0) is 13.5. The highest BCUT2D eigenvalue weighted by molar-refractivity contribution is 5.39. The molecule has 1 aromatic heterocycles. The Balaban J connectivity index is 1.91.